The van der Waals surface area contributed by atoms with Gasteiger partial charge in [0.15, 0.2) is 5.82 Å². The van der Waals surface area contributed by atoms with E-state index in [1.807, 2.05) is 42.3 Å². The van der Waals surface area contributed by atoms with Crippen molar-refractivity contribution in [3.63, 3.8) is 0 Å². The molecule has 5 rings (SSSR count). The quantitative estimate of drug-likeness (QED) is 0.260. The largest absolute Gasteiger partial charge is 0.404 e. The number of rotatable bonds is 11. The van der Waals surface area contributed by atoms with Crippen molar-refractivity contribution < 1.29 is 14.3 Å². The van der Waals surface area contributed by atoms with Gasteiger partial charge in [0.1, 0.15) is 0 Å². The molecule has 1 atom stereocenters. The van der Waals surface area contributed by atoms with Gasteiger partial charge in [-0.1, -0.05) is 6.92 Å². The summed E-state index contributed by atoms with van der Waals surface area (Å²) in [6.45, 7) is 10.2. The predicted octanol–water partition coefficient (Wildman–Crippen LogP) is 3.40. The summed E-state index contributed by atoms with van der Waals surface area (Å²) in [6, 6.07) is 9.96. The third-order valence-corrected chi connectivity index (χ3v) is 8.23. The second-order valence-corrected chi connectivity index (χ2v) is 11.4. The van der Waals surface area contributed by atoms with Crippen LogP contribution < -0.4 is 11.1 Å². The second kappa shape index (κ2) is 13.9. The third kappa shape index (κ3) is 7.29. The third-order valence-electron chi connectivity index (χ3n) is 8.23. The molecule has 1 aliphatic heterocycles. The number of hydrogen-bond acceptors (Lipinski definition) is 8. The highest BCUT2D eigenvalue weighted by Crippen LogP contribution is 2.35. The fourth-order valence-corrected chi connectivity index (χ4v) is 5.84. The highest BCUT2D eigenvalue weighted by atomic mass is 16.5. The van der Waals surface area contributed by atoms with Gasteiger partial charge in [0.25, 0.3) is 5.91 Å². The maximum Gasteiger partial charge on any atom is 0.254 e. The number of amides is 2. The van der Waals surface area contributed by atoms with E-state index >= 15 is 0 Å². The van der Waals surface area contributed by atoms with Crippen molar-refractivity contribution in [1.29, 1.82) is 0 Å². The van der Waals surface area contributed by atoms with E-state index in [0.717, 1.165) is 54.8 Å². The number of pyridine rings is 2. The van der Waals surface area contributed by atoms with Crippen LogP contribution in [0.1, 0.15) is 54.7 Å². The number of hydrogen-bond donors (Lipinski definition) is 2. The Kier molecular flexibility index (Phi) is 9.83. The van der Waals surface area contributed by atoms with E-state index in [0.29, 0.717) is 43.7 Å². The van der Waals surface area contributed by atoms with Crippen LogP contribution in [-0.4, -0.2) is 93.9 Å². The van der Waals surface area contributed by atoms with Crippen LogP contribution in [0.3, 0.4) is 0 Å². The first-order valence-electron chi connectivity index (χ1n) is 15.1. The molecule has 11 nitrogen and oxygen atoms in total. The number of nitrogens with two attached hydrogens (primary N) is 1. The summed E-state index contributed by atoms with van der Waals surface area (Å²) in [7, 11) is 0. The molecule has 3 N–H and O–H groups in total. The molecular weight excluding hydrogens is 544 g/mol. The number of aliphatic imine (C=N–C) groups is 1. The zero-order valence-corrected chi connectivity index (χ0v) is 25.3. The first-order chi connectivity index (χ1) is 20.9. The number of carbonyl (C=O) groups is 2. The molecule has 0 bridgehead atoms. The Morgan fingerprint density at radius 3 is 2.74 bits per heavy atom. The Bertz CT molecular complexity index is 1490. The molecule has 2 fully saturated rings. The van der Waals surface area contributed by atoms with Gasteiger partial charge in [-0.2, -0.15) is 5.10 Å². The lowest BCUT2D eigenvalue weighted by molar-refractivity contribution is -0.125. The lowest BCUT2D eigenvalue weighted by Crippen LogP contribution is -2.60. The summed E-state index contributed by atoms with van der Waals surface area (Å²) in [5.41, 5.74) is 9.97. The van der Waals surface area contributed by atoms with E-state index < -0.39 is 0 Å². The normalized spacial score (nSPS) is 21.3. The fourth-order valence-electron chi connectivity index (χ4n) is 5.84. The minimum atomic E-state index is -0.0543. The van der Waals surface area contributed by atoms with E-state index in [-0.39, 0.29) is 23.8 Å². The average Bonchev–Trinajstić information content (AvgIpc) is 3.38. The maximum absolute atomic E-state index is 13.1. The lowest BCUT2D eigenvalue weighted by Gasteiger charge is -2.49. The monoisotopic (exact) mass is 586 g/mol. The molecule has 1 unspecified atom stereocenters. The number of carbonyl (C=O) groups excluding carboxylic acids is 2. The first kappa shape index (κ1) is 30.4. The summed E-state index contributed by atoms with van der Waals surface area (Å²) in [4.78, 5) is 39.0. The van der Waals surface area contributed by atoms with Gasteiger partial charge >= 0.3 is 0 Å². The molecule has 1 saturated heterocycles. The van der Waals surface area contributed by atoms with Gasteiger partial charge in [-0.25, -0.2) is 4.52 Å². The molecule has 0 spiro atoms. The second-order valence-electron chi connectivity index (χ2n) is 11.4. The molecule has 4 heterocycles. The minimum Gasteiger partial charge on any atom is -0.404 e. The molecule has 228 valence electrons. The van der Waals surface area contributed by atoms with Crippen molar-refractivity contribution in [3.8, 4) is 0 Å². The van der Waals surface area contributed by atoms with Crippen LogP contribution in [0.15, 0.2) is 53.9 Å². The number of aryl methyl sites for hydroxylation is 1. The van der Waals surface area contributed by atoms with Gasteiger partial charge in [-0.05, 0) is 62.9 Å². The topological polar surface area (TPSA) is 130 Å². The zero-order valence-electron chi connectivity index (χ0n) is 25.3. The van der Waals surface area contributed by atoms with Crippen molar-refractivity contribution in [2.24, 2.45) is 16.6 Å². The highest BCUT2D eigenvalue weighted by Gasteiger charge is 2.41. The summed E-state index contributed by atoms with van der Waals surface area (Å²) >= 11 is 0. The molecule has 0 aromatic carbocycles. The van der Waals surface area contributed by atoms with E-state index in [2.05, 4.69) is 39.1 Å². The highest BCUT2D eigenvalue weighted by molar-refractivity contribution is 6.10. The maximum atomic E-state index is 13.1. The standard InChI is InChI=1S/C32H42N8O3/c1-4-12-43-13-8-34-20-27(19-33)24-6-9-40-29(15-24)18-30(37-40)36-31(41)26-16-28(17-26)39-11-10-38(21-23(39)3)32(42)25-5-7-35-22(2)14-25/h5-7,9,14-15,18-20,23,26,28H,4,8,10-13,16-17,21,33H2,1-3H3,(H,36,37,41)/b27-19+,34-20-. The average molecular weight is 587 g/mol. The van der Waals surface area contributed by atoms with Crippen LogP contribution in [0.2, 0.25) is 0 Å². The predicted molar refractivity (Wildman–Crippen MR) is 168 cm³/mol. The van der Waals surface area contributed by atoms with E-state index in [1.54, 1.807) is 23.0 Å². The van der Waals surface area contributed by atoms with Gasteiger partial charge in [-0.15, -0.1) is 0 Å². The Morgan fingerprint density at radius 1 is 1.16 bits per heavy atom. The Balaban J connectivity index is 1.11. The van der Waals surface area contributed by atoms with Gasteiger partial charge < -0.3 is 20.7 Å². The molecule has 3 aromatic rings. The van der Waals surface area contributed by atoms with Gasteiger partial charge in [0.2, 0.25) is 5.91 Å². The van der Waals surface area contributed by atoms with Crippen molar-refractivity contribution in [3.05, 3.63) is 65.7 Å². The number of ether oxygens (including phenoxy) is 1. The summed E-state index contributed by atoms with van der Waals surface area (Å²) in [5.74, 6) is 0.520. The first-order valence-corrected chi connectivity index (χ1v) is 15.1. The van der Waals surface area contributed by atoms with Crippen molar-refractivity contribution >= 4 is 34.9 Å². The van der Waals surface area contributed by atoms with Crippen LogP contribution in [0.4, 0.5) is 5.82 Å². The smallest absolute Gasteiger partial charge is 0.254 e. The summed E-state index contributed by atoms with van der Waals surface area (Å²) < 4.78 is 7.21. The van der Waals surface area contributed by atoms with Gasteiger partial charge in [-0.3, -0.25) is 24.5 Å². The SMILES string of the molecule is CCCOCC/N=C\C(=C/N)c1ccn2nc(NC(=O)C3CC(N4CCN(C(=O)c5ccnc(C)c5)CC4C)C3)cc2c1. The molecule has 1 saturated carbocycles. The van der Waals surface area contributed by atoms with Crippen LogP contribution >= 0.6 is 0 Å². The Labute approximate surface area is 252 Å². The number of aromatic nitrogens is 3. The van der Waals surface area contributed by atoms with Crippen molar-refractivity contribution in [1.82, 2.24) is 24.4 Å². The molecule has 2 amide bonds. The number of nitrogens with one attached hydrogen (secondary N) is 1. The summed E-state index contributed by atoms with van der Waals surface area (Å²) in [6.07, 6.45) is 9.43. The number of allylic oxidation sites excluding steroid dienone is 1. The molecule has 2 aliphatic rings. The van der Waals surface area contributed by atoms with Crippen LogP contribution in [0.5, 0.6) is 0 Å². The molecule has 1 aliphatic carbocycles. The van der Waals surface area contributed by atoms with Crippen molar-refractivity contribution in [2.45, 2.75) is 52.1 Å². The summed E-state index contributed by atoms with van der Waals surface area (Å²) in [5, 5.41) is 7.54. The lowest BCUT2D eigenvalue weighted by atomic mass is 9.78. The van der Waals surface area contributed by atoms with Crippen LogP contribution in [0, 0.1) is 12.8 Å². The minimum absolute atomic E-state index is 0.00521. The zero-order chi connectivity index (χ0) is 30.3. The molecular formula is C32H42N8O3. The number of fused-ring (bicyclic) bond motifs is 1. The van der Waals surface area contributed by atoms with Gasteiger partial charge in [0, 0.05) is 91.9 Å². The van der Waals surface area contributed by atoms with Gasteiger partial charge in [0.05, 0.1) is 18.7 Å². The van der Waals surface area contributed by atoms with E-state index in [9.17, 15) is 9.59 Å². The Hall–Kier alpha value is -4.09. The number of piperazine rings is 1. The number of nitrogens with zero attached hydrogens (tertiary/aromatic N) is 6. The van der Waals surface area contributed by atoms with Crippen LogP contribution in [-0.2, 0) is 9.53 Å². The van der Waals surface area contributed by atoms with E-state index in [1.165, 1.54) is 6.20 Å². The van der Waals surface area contributed by atoms with Crippen molar-refractivity contribution in [2.75, 3.05) is 44.7 Å². The van der Waals surface area contributed by atoms with Crippen LogP contribution in [0.25, 0.3) is 11.1 Å². The Morgan fingerprint density at radius 2 is 2.00 bits per heavy atom. The molecule has 3 aromatic heterocycles. The fraction of sp³-hybridized carbons (Fsp3) is 0.469. The van der Waals surface area contributed by atoms with E-state index in [4.69, 9.17) is 10.5 Å². The number of anilines is 1. The molecule has 43 heavy (non-hydrogen) atoms. The molecule has 0 radical (unpaired) electrons. The molecule has 11 heteroatoms.